The number of hydrogen-bond acceptors (Lipinski definition) is 2. The minimum atomic E-state index is -0.0816. The van der Waals surface area contributed by atoms with E-state index in [2.05, 4.69) is 12.0 Å². The maximum Gasteiger partial charge on any atom is 0.261 e. The summed E-state index contributed by atoms with van der Waals surface area (Å²) in [5.74, 6) is -0.0816. The van der Waals surface area contributed by atoms with E-state index in [4.69, 9.17) is 0 Å². The van der Waals surface area contributed by atoms with Crippen LogP contribution < -0.4 is 5.43 Å². The molecule has 0 aliphatic carbocycles. The van der Waals surface area contributed by atoms with Gasteiger partial charge in [-0.05, 0) is 12.8 Å². The lowest BCUT2D eigenvalue weighted by atomic mass is 10.4. The average Bonchev–Trinajstić information content (AvgIpc) is 2.40. The van der Waals surface area contributed by atoms with Gasteiger partial charge in [0.15, 0.2) is 0 Å². The van der Waals surface area contributed by atoms with E-state index >= 15 is 0 Å². The van der Waals surface area contributed by atoms with E-state index in [9.17, 15) is 4.79 Å². The molecule has 3 heteroatoms. The summed E-state index contributed by atoms with van der Waals surface area (Å²) in [6, 6.07) is 0. The number of rotatable bonds is 3. The molecule has 0 N–H and O–H groups in total. The largest absolute Gasteiger partial charge is 0.271 e. The van der Waals surface area contributed by atoms with Crippen molar-refractivity contribution in [3.8, 4) is 0 Å². The molecular formula is C8H13N2O. The highest BCUT2D eigenvalue weighted by molar-refractivity contribution is 5.76. The third-order valence-corrected chi connectivity index (χ3v) is 1.65. The molecule has 1 heterocycles. The minimum Gasteiger partial charge on any atom is -0.271 e. The van der Waals surface area contributed by atoms with Crippen molar-refractivity contribution >= 4 is 5.91 Å². The van der Waals surface area contributed by atoms with Gasteiger partial charge in [0.1, 0.15) is 0 Å². The van der Waals surface area contributed by atoms with Gasteiger partial charge in [-0.1, -0.05) is 6.08 Å². The Balaban J connectivity index is 2.18. The Morgan fingerprint density at radius 1 is 1.55 bits per heavy atom. The average molecular weight is 153 g/mol. The zero-order chi connectivity index (χ0) is 8.10. The van der Waals surface area contributed by atoms with Crippen molar-refractivity contribution in [3.05, 3.63) is 12.7 Å². The second-order valence-corrected chi connectivity index (χ2v) is 2.65. The van der Waals surface area contributed by atoms with Gasteiger partial charge in [0, 0.05) is 19.5 Å². The monoisotopic (exact) mass is 153 g/mol. The number of nitrogens with zero attached hydrogens (tertiary/aromatic N) is 2. The Hall–Kier alpha value is -0.830. The second-order valence-electron chi connectivity index (χ2n) is 2.65. The van der Waals surface area contributed by atoms with Crippen LogP contribution in [0.4, 0.5) is 0 Å². The molecule has 0 aromatic rings. The summed E-state index contributed by atoms with van der Waals surface area (Å²) in [7, 11) is 0. The van der Waals surface area contributed by atoms with Gasteiger partial charge in [-0.25, -0.2) is 0 Å². The molecule has 1 amide bonds. The number of carbonyl (C=O) groups is 1. The zero-order valence-corrected chi connectivity index (χ0v) is 6.62. The van der Waals surface area contributed by atoms with Crippen molar-refractivity contribution in [1.29, 1.82) is 0 Å². The van der Waals surface area contributed by atoms with E-state index in [1.807, 2.05) is 5.01 Å². The van der Waals surface area contributed by atoms with Crippen molar-refractivity contribution in [1.82, 2.24) is 10.4 Å². The topological polar surface area (TPSA) is 34.4 Å². The molecule has 1 saturated heterocycles. The van der Waals surface area contributed by atoms with Gasteiger partial charge in [0.05, 0.1) is 0 Å². The molecule has 61 valence electrons. The molecule has 0 unspecified atom stereocenters. The molecule has 0 saturated carbocycles. The summed E-state index contributed by atoms with van der Waals surface area (Å²) in [4.78, 5) is 10.9. The highest BCUT2D eigenvalue weighted by atomic mass is 16.2. The molecule has 3 nitrogen and oxygen atoms in total. The standard InChI is InChI=1S/C8H13N2O/c1-2-5-8(11)9-10-6-3-4-7-10/h2H,1,3-7H2. The van der Waals surface area contributed by atoms with Gasteiger partial charge in [0.2, 0.25) is 0 Å². The smallest absolute Gasteiger partial charge is 0.261 e. The first kappa shape index (κ1) is 8.27. The van der Waals surface area contributed by atoms with Crippen molar-refractivity contribution in [2.75, 3.05) is 13.1 Å². The molecule has 0 aromatic heterocycles. The van der Waals surface area contributed by atoms with Gasteiger partial charge in [-0.3, -0.25) is 4.79 Å². The second kappa shape index (κ2) is 4.13. The van der Waals surface area contributed by atoms with Gasteiger partial charge in [-0.15, -0.1) is 6.58 Å². The highest BCUT2D eigenvalue weighted by Crippen LogP contribution is 2.04. The van der Waals surface area contributed by atoms with Gasteiger partial charge < -0.3 is 0 Å². The molecule has 1 rings (SSSR count). The molecule has 0 bridgehead atoms. The van der Waals surface area contributed by atoms with Gasteiger partial charge in [-0.2, -0.15) is 10.4 Å². The number of hydrogen-bond donors (Lipinski definition) is 0. The summed E-state index contributed by atoms with van der Waals surface area (Å²) >= 11 is 0. The van der Waals surface area contributed by atoms with Crippen molar-refractivity contribution < 1.29 is 4.79 Å². The summed E-state index contributed by atoms with van der Waals surface area (Å²) in [5.41, 5.74) is 3.89. The number of amides is 1. The van der Waals surface area contributed by atoms with Crippen LogP contribution in [0.15, 0.2) is 12.7 Å². The van der Waals surface area contributed by atoms with Crippen LogP contribution in [0.1, 0.15) is 19.3 Å². The third kappa shape index (κ3) is 2.72. The molecule has 0 atom stereocenters. The summed E-state index contributed by atoms with van der Waals surface area (Å²) in [6.07, 6.45) is 4.26. The summed E-state index contributed by atoms with van der Waals surface area (Å²) in [6.45, 7) is 5.34. The molecule has 1 aliphatic rings. The molecular weight excluding hydrogens is 140 g/mol. The summed E-state index contributed by atoms with van der Waals surface area (Å²) in [5, 5.41) is 1.84. The van der Waals surface area contributed by atoms with Crippen LogP contribution >= 0.6 is 0 Å². The van der Waals surface area contributed by atoms with Crippen LogP contribution in [0.5, 0.6) is 0 Å². The fourth-order valence-corrected chi connectivity index (χ4v) is 1.12. The third-order valence-electron chi connectivity index (χ3n) is 1.65. The number of carbonyl (C=O) groups excluding carboxylic acids is 1. The Kier molecular flexibility index (Phi) is 3.11. The van der Waals surface area contributed by atoms with E-state index in [0.717, 1.165) is 25.9 Å². The normalized spacial score (nSPS) is 18.2. The first-order valence-electron chi connectivity index (χ1n) is 3.93. The van der Waals surface area contributed by atoms with E-state index < -0.39 is 0 Å². The van der Waals surface area contributed by atoms with E-state index in [1.165, 1.54) is 0 Å². The van der Waals surface area contributed by atoms with E-state index in [0.29, 0.717) is 6.42 Å². The summed E-state index contributed by atoms with van der Waals surface area (Å²) < 4.78 is 0. The van der Waals surface area contributed by atoms with Crippen LogP contribution in [0.2, 0.25) is 0 Å². The molecule has 0 spiro atoms. The quantitative estimate of drug-likeness (QED) is 0.559. The van der Waals surface area contributed by atoms with E-state index in [1.54, 1.807) is 6.08 Å². The fraction of sp³-hybridized carbons (Fsp3) is 0.625. The molecule has 1 fully saturated rings. The SMILES string of the molecule is C=CCC(=O)[N]N1CCCC1. The first-order chi connectivity index (χ1) is 5.33. The molecule has 1 radical (unpaired) electrons. The maximum absolute atomic E-state index is 10.9. The zero-order valence-electron chi connectivity index (χ0n) is 6.62. The lowest BCUT2D eigenvalue weighted by Crippen LogP contribution is -2.32. The maximum atomic E-state index is 10.9. The van der Waals surface area contributed by atoms with E-state index in [-0.39, 0.29) is 5.91 Å². The molecule has 0 aromatic carbocycles. The van der Waals surface area contributed by atoms with Crippen LogP contribution in [-0.2, 0) is 4.79 Å². The van der Waals surface area contributed by atoms with Crippen LogP contribution in [0, 0.1) is 0 Å². The highest BCUT2D eigenvalue weighted by Gasteiger charge is 2.14. The predicted octanol–water partition coefficient (Wildman–Crippen LogP) is 0.704. The van der Waals surface area contributed by atoms with Gasteiger partial charge in [0.25, 0.3) is 5.91 Å². The Morgan fingerprint density at radius 2 is 2.18 bits per heavy atom. The lowest BCUT2D eigenvalue weighted by Gasteiger charge is -2.10. The van der Waals surface area contributed by atoms with Crippen LogP contribution in [-0.4, -0.2) is 24.0 Å². The van der Waals surface area contributed by atoms with Crippen molar-refractivity contribution in [2.24, 2.45) is 0 Å². The van der Waals surface area contributed by atoms with Crippen LogP contribution in [0.3, 0.4) is 0 Å². The van der Waals surface area contributed by atoms with Crippen molar-refractivity contribution in [2.45, 2.75) is 19.3 Å². The molecule has 11 heavy (non-hydrogen) atoms. The fourth-order valence-electron chi connectivity index (χ4n) is 1.12. The first-order valence-corrected chi connectivity index (χ1v) is 3.93. The minimum absolute atomic E-state index is 0.0816. The van der Waals surface area contributed by atoms with Crippen LogP contribution in [0.25, 0.3) is 0 Å². The van der Waals surface area contributed by atoms with Gasteiger partial charge >= 0.3 is 0 Å². The predicted molar refractivity (Wildman–Crippen MR) is 42.8 cm³/mol. The Morgan fingerprint density at radius 3 is 2.73 bits per heavy atom. The Bertz CT molecular complexity index is 150. The molecule has 1 aliphatic heterocycles. The Labute approximate surface area is 67.0 Å². The lowest BCUT2D eigenvalue weighted by molar-refractivity contribution is -0.125. The van der Waals surface area contributed by atoms with Crippen molar-refractivity contribution in [3.63, 3.8) is 0 Å².